The highest BCUT2D eigenvalue weighted by Crippen LogP contribution is 2.42. The highest BCUT2D eigenvalue weighted by molar-refractivity contribution is 5.66. The maximum absolute atomic E-state index is 13.0. The lowest BCUT2D eigenvalue weighted by atomic mass is 9.88. The summed E-state index contributed by atoms with van der Waals surface area (Å²) in [7, 11) is 0. The van der Waals surface area contributed by atoms with Crippen LogP contribution < -0.4 is 5.73 Å². The van der Waals surface area contributed by atoms with Crippen molar-refractivity contribution in [3.8, 4) is 0 Å². The van der Waals surface area contributed by atoms with E-state index in [1.807, 2.05) is 112 Å². The van der Waals surface area contributed by atoms with E-state index in [0.29, 0.717) is 13.2 Å². The van der Waals surface area contributed by atoms with Crippen molar-refractivity contribution in [1.29, 1.82) is 0 Å². The number of aliphatic hydroxyl groups is 1. The molecule has 5 saturated heterocycles. The lowest BCUT2D eigenvalue weighted by Crippen LogP contribution is -2.67. The number of ether oxygens (including phenoxy) is 12. The highest BCUT2D eigenvalue weighted by atomic mass is 16.8. The van der Waals surface area contributed by atoms with E-state index in [4.69, 9.17) is 62.6 Å². The minimum Gasteiger partial charge on any atom is -0.454 e. The molecule has 0 bridgehead atoms. The number of hydrogen-bond donors (Lipinski definition) is 2. The number of unbranched alkanes of at least 4 members (excludes halogenated alkanes) is 2. The van der Waals surface area contributed by atoms with Crippen molar-refractivity contribution < 1.29 is 66.7 Å². The molecule has 0 saturated carbocycles. The quantitative estimate of drug-likeness (QED) is 0.137. The monoisotopic (exact) mass is 877 g/mol. The van der Waals surface area contributed by atoms with E-state index in [-0.39, 0.29) is 25.7 Å². The van der Waals surface area contributed by atoms with E-state index in [0.717, 1.165) is 36.0 Å². The van der Waals surface area contributed by atoms with Crippen LogP contribution in [0.25, 0.3) is 0 Å². The first kappa shape index (κ1) is 46.2. The van der Waals surface area contributed by atoms with E-state index in [2.05, 4.69) is 0 Å². The molecule has 0 aliphatic carbocycles. The molecular formula is C48H63NO14. The van der Waals surface area contributed by atoms with E-state index in [1.54, 1.807) is 0 Å². The van der Waals surface area contributed by atoms with Gasteiger partial charge in [0.05, 0.1) is 32.0 Å². The van der Waals surface area contributed by atoms with Gasteiger partial charge in [-0.3, -0.25) is 4.79 Å². The number of aliphatic hydroxyl groups excluding tert-OH is 1. The molecular weight excluding hydrogens is 815 g/mol. The molecule has 0 radical (unpaired) electrons. The molecule has 8 unspecified atom stereocenters. The zero-order valence-electron chi connectivity index (χ0n) is 36.5. The molecule has 5 fully saturated rings. The first-order chi connectivity index (χ1) is 30.7. The van der Waals surface area contributed by atoms with Gasteiger partial charge in [0.2, 0.25) is 0 Å². The van der Waals surface area contributed by atoms with Gasteiger partial charge in [-0.2, -0.15) is 0 Å². The molecule has 3 aromatic carbocycles. The van der Waals surface area contributed by atoms with Crippen LogP contribution in [0, 0.1) is 11.8 Å². The first-order valence-corrected chi connectivity index (χ1v) is 22.4. The second kappa shape index (κ2) is 21.7. The Hall–Kier alpha value is -3.39. The predicted molar refractivity (Wildman–Crippen MR) is 225 cm³/mol. The van der Waals surface area contributed by atoms with Gasteiger partial charge < -0.3 is 67.7 Å². The molecule has 5 aliphatic rings. The Balaban J connectivity index is 1.07. The Morgan fingerprint density at radius 3 is 1.86 bits per heavy atom. The number of benzene rings is 3. The zero-order chi connectivity index (χ0) is 43.9. The Morgan fingerprint density at radius 2 is 1.22 bits per heavy atom. The molecule has 15 heteroatoms. The number of nitrogens with two attached hydrogens (primary N) is 1. The molecule has 3 N–H and O–H groups in total. The number of carbonyl (C=O) groups is 1. The summed E-state index contributed by atoms with van der Waals surface area (Å²) in [5.41, 5.74) is 8.41. The van der Waals surface area contributed by atoms with Crippen LogP contribution in [0.4, 0.5) is 0 Å². The van der Waals surface area contributed by atoms with Gasteiger partial charge in [-0.15, -0.1) is 0 Å². The molecule has 5 aliphatic heterocycles. The minimum atomic E-state index is -1.19. The fourth-order valence-electron chi connectivity index (χ4n) is 8.97. The highest BCUT2D eigenvalue weighted by Gasteiger charge is 2.57. The maximum atomic E-state index is 13.0. The van der Waals surface area contributed by atoms with Gasteiger partial charge in [-0.05, 0) is 38.3 Å². The standard InChI is InChI=1S/C48H63NO14/c1-28-30(3)56-48(43(57-31(4)50)39(28)61-46-37(51)29(2)38-35(58-46)26-54-44(60-38)33-19-11-6-12-20-33)63-41-40-36(27-55-45(62-40)34-21-13-7-14-22-34)59-47(52-24-16-8-15-23-49)42(41)53-25-32-17-9-5-10-18-32/h5-7,9-14,17-22,28-30,35-48,51H,8,15-16,23-27,49H2,1-4H3/t28-,29+,30?,35?,36?,37?,38-,39-,40+,41-,42?,43?,44?,45?,46-,47+,48-/m0/s1. The van der Waals surface area contributed by atoms with E-state index >= 15 is 0 Å². The van der Waals surface area contributed by atoms with Crippen LogP contribution in [0.15, 0.2) is 91.0 Å². The lowest BCUT2D eigenvalue weighted by Gasteiger charge is -2.52. The summed E-state index contributed by atoms with van der Waals surface area (Å²) in [6.07, 6.45) is -9.63. The van der Waals surface area contributed by atoms with Gasteiger partial charge in [0.25, 0.3) is 0 Å². The van der Waals surface area contributed by atoms with Gasteiger partial charge in [-0.25, -0.2) is 0 Å². The number of hydrogen-bond acceptors (Lipinski definition) is 15. The zero-order valence-corrected chi connectivity index (χ0v) is 36.5. The van der Waals surface area contributed by atoms with Crippen molar-refractivity contribution in [2.24, 2.45) is 17.6 Å². The SMILES string of the molecule is CC(=O)OC1[C@H](O[C@@H]2C(OCc3ccccc3)[C@H](OCCCCCN)OC3COC(c4ccccc4)O[C@H]32)OC(C)[C@H](C)[C@@H]1O[C@@H]1OC2COC(c3ccccc3)O[C@H]2[C@H](C)C1O. The number of fused-ring (bicyclic) bond motifs is 2. The summed E-state index contributed by atoms with van der Waals surface area (Å²) >= 11 is 0. The van der Waals surface area contributed by atoms with E-state index in [9.17, 15) is 9.90 Å². The van der Waals surface area contributed by atoms with Crippen LogP contribution in [0.2, 0.25) is 0 Å². The summed E-state index contributed by atoms with van der Waals surface area (Å²) in [5.74, 6) is -1.31. The average molecular weight is 878 g/mol. The number of esters is 1. The molecule has 0 spiro atoms. The molecule has 63 heavy (non-hydrogen) atoms. The Kier molecular flexibility index (Phi) is 15.9. The molecule has 0 amide bonds. The van der Waals surface area contributed by atoms with Gasteiger partial charge >= 0.3 is 5.97 Å². The summed E-state index contributed by atoms with van der Waals surface area (Å²) in [4.78, 5) is 13.0. The average Bonchev–Trinajstić information content (AvgIpc) is 3.31. The second-order valence-electron chi connectivity index (χ2n) is 17.1. The minimum absolute atomic E-state index is 0.178. The topological polar surface area (TPSA) is 174 Å². The third-order valence-corrected chi connectivity index (χ3v) is 12.6. The van der Waals surface area contributed by atoms with Gasteiger partial charge in [-0.1, -0.05) is 105 Å². The lowest BCUT2D eigenvalue weighted by molar-refractivity contribution is -0.403. The van der Waals surface area contributed by atoms with Crippen molar-refractivity contribution in [1.82, 2.24) is 0 Å². The van der Waals surface area contributed by atoms with Gasteiger partial charge in [0, 0.05) is 36.5 Å². The van der Waals surface area contributed by atoms with E-state index < -0.39 is 104 Å². The summed E-state index contributed by atoms with van der Waals surface area (Å²) in [6, 6.07) is 29.1. The molecule has 15 nitrogen and oxygen atoms in total. The van der Waals surface area contributed by atoms with Gasteiger partial charge in [0.15, 0.2) is 37.6 Å². The molecule has 17 atom stereocenters. The molecule has 344 valence electrons. The van der Waals surface area contributed by atoms with Crippen LogP contribution in [0.5, 0.6) is 0 Å². The van der Waals surface area contributed by atoms with Gasteiger partial charge in [0.1, 0.15) is 42.7 Å². The van der Waals surface area contributed by atoms with Crippen LogP contribution >= 0.6 is 0 Å². The summed E-state index contributed by atoms with van der Waals surface area (Å²) in [6.45, 7) is 8.68. The summed E-state index contributed by atoms with van der Waals surface area (Å²) < 4.78 is 78.3. The second-order valence-corrected chi connectivity index (χ2v) is 17.1. The van der Waals surface area contributed by atoms with Crippen LogP contribution in [-0.2, 0) is 68.2 Å². The fraction of sp³-hybridized carbons (Fsp3) is 0.604. The third-order valence-electron chi connectivity index (χ3n) is 12.6. The normalized spacial score (nSPS) is 38.0. The fourth-order valence-corrected chi connectivity index (χ4v) is 8.97. The Labute approximate surface area is 369 Å². The van der Waals surface area contributed by atoms with Crippen LogP contribution in [-0.4, -0.2) is 117 Å². The first-order valence-electron chi connectivity index (χ1n) is 22.4. The molecule has 5 heterocycles. The van der Waals surface area contributed by atoms with Crippen molar-refractivity contribution in [3.05, 3.63) is 108 Å². The van der Waals surface area contributed by atoms with E-state index in [1.165, 1.54) is 6.92 Å². The Morgan fingerprint density at radius 1 is 0.635 bits per heavy atom. The largest absolute Gasteiger partial charge is 0.454 e. The Bertz CT molecular complexity index is 1840. The number of rotatable bonds is 16. The van der Waals surface area contributed by atoms with Crippen molar-refractivity contribution >= 4 is 5.97 Å². The van der Waals surface area contributed by atoms with Crippen molar-refractivity contribution in [2.75, 3.05) is 26.4 Å². The van der Waals surface area contributed by atoms with Crippen molar-refractivity contribution in [3.63, 3.8) is 0 Å². The smallest absolute Gasteiger partial charge is 0.303 e. The maximum Gasteiger partial charge on any atom is 0.303 e. The number of carbonyl (C=O) groups excluding carboxylic acids is 1. The van der Waals surface area contributed by atoms with Crippen LogP contribution in [0.1, 0.15) is 76.2 Å². The summed E-state index contributed by atoms with van der Waals surface area (Å²) in [5, 5.41) is 11.8. The molecule has 0 aromatic heterocycles. The van der Waals surface area contributed by atoms with Crippen molar-refractivity contribution in [2.45, 2.75) is 146 Å². The van der Waals surface area contributed by atoms with Crippen LogP contribution in [0.3, 0.4) is 0 Å². The molecule has 3 aromatic rings. The molecule has 8 rings (SSSR count). The predicted octanol–water partition coefficient (Wildman–Crippen LogP) is 5.48. The third kappa shape index (κ3) is 11.0.